The second-order valence-corrected chi connectivity index (χ2v) is 6.30. The summed E-state index contributed by atoms with van der Waals surface area (Å²) in [5.41, 5.74) is 3.64. The molecule has 1 aliphatic rings. The number of hydrogen-bond donors (Lipinski definition) is 0. The quantitative estimate of drug-likeness (QED) is 0.472. The van der Waals surface area contributed by atoms with Gasteiger partial charge in [-0.05, 0) is 36.8 Å². The third-order valence-corrected chi connectivity index (χ3v) is 5.53. The van der Waals surface area contributed by atoms with Gasteiger partial charge >= 0.3 is 0 Å². The van der Waals surface area contributed by atoms with Crippen LogP contribution in [0.4, 0.5) is 0 Å². The van der Waals surface area contributed by atoms with Gasteiger partial charge in [-0.2, -0.15) is 0 Å². The van der Waals surface area contributed by atoms with E-state index in [2.05, 4.69) is 47.1 Å². The maximum absolute atomic E-state index is 3.81. The van der Waals surface area contributed by atoms with Crippen molar-refractivity contribution in [3.05, 3.63) is 35.4 Å². The lowest BCUT2D eigenvalue weighted by Crippen LogP contribution is -2.32. The molecule has 0 saturated heterocycles. The molecule has 0 radical (unpaired) electrons. The zero-order valence-electron chi connectivity index (χ0n) is 11.6. The van der Waals surface area contributed by atoms with Crippen LogP contribution in [0.5, 0.6) is 0 Å². The van der Waals surface area contributed by atoms with Crippen molar-refractivity contribution < 1.29 is 0 Å². The molecule has 0 saturated carbocycles. The van der Waals surface area contributed by atoms with E-state index in [1.807, 2.05) is 0 Å². The Morgan fingerprint density at radius 1 is 1.17 bits per heavy atom. The minimum atomic E-state index is 0.419. The van der Waals surface area contributed by atoms with Gasteiger partial charge < -0.3 is 0 Å². The van der Waals surface area contributed by atoms with Crippen molar-refractivity contribution in [1.29, 1.82) is 0 Å². The van der Waals surface area contributed by atoms with Crippen molar-refractivity contribution in [3.8, 4) is 0 Å². The van der Waals surface area contributed by atoms with Gasteiger partial charge in [-0.3, -0.25) is 0 Å². The third-order valence-electron chi connectivity index (χ3n) is 4.45. The summed E-state index contributed by atoms with van der Waals surface area (Å²) in [7, 11) is 0. The molecule has 1 heteroatoms. The molecule has 0 nitrogen and oxygen atoms in total. The van der Waals surface area contributed by atoms with Gasteiger partial charge in [0.1, 0.15) is 0 Å². The molecule has 0 fully saturated rings. The highest BCUT2D eigenvalue weighted by atomic mass is 79.9. The average molecular weight is 309 g/mol. The van der Waals surface area contributed by atoms with Crippen LogP contribution in [0.3, 0.4) is 0 Å². The average Bonchev–Trinajstić information content (AvgIpc) is 2.44. The molecule has 1 unspecified atom stereocenters. The van der Waals surface area contributed by atoms with E-state index in [4.69, 9.17) is 0 Å². The van der Waals surface area contributed by atoms with Gasteiger partial charge in [0.2, 0.25) is 0 Å². The molecule has 0 bridgehead atoms. The van der Waals surface area contributed by atoms with E-state index in [9.17, 15) is 0 Å². The number of benzene rings is 1. The van der Waals surface area contributed by atoms with E-state index in [0.29, 0.717) is 5.41 Å². The molecule has 0 amide bonds. The summed E-state index contributed by atoms with van der Waals surface area (Å²) in [5, 5.41) is 1.13. The summed E-state index contributed by atoms with van der Waals surface area (Å²) in [4.78, 5) is 0. The highest BCUT2D eigenvalue weighted by molar-refractivity contribution is 9.09. The Kier molecular flexibility index (Phi) is 5.29. The van der Waals surface area contributed by atoms with Gasteiger partial charge in [0.05, 0.1) is 0 Å². The molecule has 18 heavy (non-hydrogen) atoms. The standard InChI is InChI=1S/C17H25Br/c1-2-3-4-7-12-17(14-18)13-8-10-15-9-5-6-11-16(15)17/h5-6,9,11H,2-4,7-8,10,12-14H2,1H3. The van der Waals surface area contributed by atoms with Crippen LogP contribution >= 0.6 is 15.9 Å². The highest BCUT2D eigenvalue weighted by Crippen LogP contribution is 2.42. The van der Waals surface area contributed by atoms with Crippen molar-refractivity contribution in [2.45, 2.75) is 63.7 Å². The van der Waals surface area contributed by atoms with Crippen LogP contribution in [0, 0.1) is 0 Å². The fraction of sp³-hybridized carbons (Fsp3) is 0.647. The highest BCUT2D eigenvalue weighted by Gasteiger charge is 2.34. The Labute approximate surface area is 120 Å². The smallest absolute Gasteiger partial charge is 0.0129 e. The Morgan fingerprint density at radius 3 is 2.78 bits per heavy atom. The molecule has 0 spiro atoms. The maximum atomic E-state index is 3.81. The maximum Gasteiger partial charge on any atom is 0.0129 e. The first kappa shape index (κ1) is 14.1. The normalized spacial score (nSPS) is 22.8. The molecule has 0 N–H and O–H groups in total. The number of hydrogen-bond acceptors (Lipinski definition) is 0. The van der Waals surface area contributed by atoms with Crippen LogP contribution in [-0.2, 0) is 11.8 Å². The lowest BCUT2D eigenvalue weighted by Gasteiger charge is -2.38. The minimum absolute atomic E-state index is 0.419. The number of fused-ring (bicyclic) bond motifs is 1. The second-order valence-electron chi connectivity index (χ2n) is 5.74. The van der Waals surface area contributed by atoms with E-state index in [0.717, 1.165) is 5.33 Å². The lowest BCUT2D eigenvalue weighted by atomic mass is 9.68. The van der Waals surface area contributed by atoms with E-state index < -0.39 is 0 Å². The first-order valence-corrected chi connectivity index (χ1v) is 8.59. The van der Waals surface area contributed by atoms with Crippen molar-refractivity contribution in [2.24, 2.45) is 0 Å². The third kappa shape index (κ3) is 2.99. The Hall–Kier alpha value is -0.300. The summed E-state index contributed by atoms with van der Waals surface area (Å²) in [6, 6.07) is 9.11. The molecular weight excluding hydrogens is 284 g/mol. The topological polar surface area (TPSA) is 0 Å². The van der Waals surface area contributed by atoms with Crippen LogP contribution < -0.4 is 0 Å². The largest absolute Gasteiger partial charge is 0.0918 e. The molecule has 1 aromatic rings. The SMILES string of the molecule is CCCCCCC1(CBr)CCCc2ccccc21. The first-order chi connectivity index (χ1) is 8.82. The van der Waals surface area contributed by atoms with Crippen LogP contribution in [0.2, 0.25) is 0 Å². The zero-order valence-corrected chi connectivity index (χ0v) is 13.1. The van der Waals surface area contributed by atoms with Gasteiger partial charge in [0.15, 0.2) is 0 Å². The molecule has 1 atom stereocenters. The monoisotopic (exact) mass is 308 g/mol. The van der Waals surface area contributed by atoms with E-state index in [1.54, 1.807) is 11.1 Å². The molecule has 0 aliphatic heterocycles. The molecule has 0 aromatic heterocycles. The molecule has 0 heterocycles. The minimum Gasteiger partial charge on any atom is -0.0918 e. The number of aryl methyl sites for hydroxylation is 1. The van der Waals surface area contributed by atoms with Crippen LogP contribution in [0.25, 0.3) is 0 Å². The van der Waals surface area contributed by atoms with Gasteiger partial charge in [-0.15, -0.1) is 0 Å². The number of rotatable bonds is 6. The van der Waals surface area contributed by atoms with Crippen molar-refractivity contribution in [3.63, 3.8) is 0 Å². The Balaban J connectivity index is 2.12. The summed E-state index contributed by atoms with van der Waals surface area (Å²) >= 11 is 3.81. The lowest BCUT2D eigenvalue weighted by molar-refractivity contribution is 0.360. The summed E-state index contributed by atoms with van der Waals surface area (Å²) in [6.07, 6.45) is 10.9. The van der Waals surface area contributed by atoms with Gasteiger partial charge in [0, 0.05) is 10.7 Å². The van der Waals surface area contributed by atoms with Gasteiger partial charge in [-0.1, -0.05) is 72.8 Å². The molecule has 1 aliphatic carbocycles. The number of halogens is 1. The van der Waals surface area contributed by atoms with Crippen LogP contribution in [-0.4, -0.2) is 5.33 Å². The van der Waals surface area contributed by atoms with E-state index in [-0.39, 0.29) is 0 Å². The van der Waals surface area contributed by atoms with Crippen molar-refractivity contribution >= 4 is 15.9 Å². The van der Waals surface area contributed by atoms with E-state index >= 15 is 0 Å². The second kappa shape index (κ2) is 6.75. The fourth-order valence-electron chi connectivity index (χ4n) is 3.36. The fourth-order valence-corrected chi connectivity index (χ4v) is 4.23. The van der Waals surface area contributed by atoms with Gasteiger partial charge in [0.25, 0.3) is 0 Å². The van der Waals surface area contributed by atoms with Crippen LogP contribution in [0.1, 0.15) is 63.0 Å². The van der Waals surface area contributed by atoms with Crippen molar-refractivity contribution in [1.82, 2.24) is 0 Å². The van der Waals surface area contributed by atoms with Crippen molar-refractivity contribution in [2.75, 3.05) is 5.33 Å². The van der Waals surface area contributed by atoms with Gasteiger partial charge in [-0.25, -0.2) is 0 Å². The van der Waals surface area contributed by atoms with Crippen LogP contribution in [0.15, 0.2) is 24.3 Å². The number of unbranched alkanes of at least 4 members (excludes halogenated alkanes) is 3. The summed E-state index contributed by atoms with van der Waals surface area (Å²) < 4.78 is 0. The molecule has 100 valence electrons. The summed E-state index contributed by atoms with van der Waals surface area (Å²) in [5.74, 6) is 0. The predicted molar refractivity (Wildman–Crippen MR) is 83.6 cm³/mol. The molecule has 1 aromatic carbocycles. The zero-order chi connectivity index (χ0) is 12.8. The Bertz CT molecular complexity index is 372. The Morgan fingerprint density at radius 2 is 2.00 bits per heavy atom. The molecular formula is C17H25Br. The summed E-state index contributed by atoms with van der Waals surface area (Å²) in [6.45, 7) is 2.29. The predicted octanol–water partition coefficient (Wildman–Crippen LogP) is 5.63. The number of alkyl halides is 1. The molecule has 2 rings (SSSR count). The van der Waals surface area contributed by atoms with E-state index in [1.165, 1.54) is 51.4 Å². The first-order valence-electron chi connectivity index (χ1n) is 7.47.